The molecule has 0 radical (unpaired) electrons. The van der Waals surface area contributed by atoms with Gasteiger partial charge in [0.1, 0.15) is 0 Å². The van der Waals surface area contributed by atoms with E-state index in [-0.39, 0.29) is 11.5 Å². The van der Waals surface area contributed by atoms with Crippen molar-refractivity contribution in [2.24, 2.45) is 0 Å². The molecule has 3 heteroatoms. The number of Topliss-reactive ketones (excluding diaryl/α,β-unsaturated/α-hetero) is 1. The quantitative estimate of drug-likeness (QED) is 0.786. The first-order valence-electron chi connectivity index (χ1n) is 7.09. The van der Waals surface area contributed by atoms with E-state index in [0.717, 1.165) is 22.4 Å². The number of carbonyl (C=O) groups excluding carboxylic acids is 1. The van der Waals surface area contributed by atoms with E-state index >= 15 is 0 Å². The van der Waals surface area contributed by atoms with Crippen LogP contribution in [0.5, 0.6) is 0 Å². The molecule has 0 aromatic heterocycles. The van der Waals surface area contributed by atoms with Crippen molar-refractivity contribution in [3.05, 3.63) is 64.7 Å². The van der Waals surface area contributed by atoms with Crippen molar-refractivity contribution in [2.75, 3.05) is 5.75 Å². The van der Waals surface area contributed by atoms with Crippen LogP contribution in [-0.2, 0) is 17.2 Å². The van der Waals surface area contributed by atoms with Gasteiger partial charge in [-0.25, -0.2) is 0 Å². The molecular formula is C18H20O2S. The number of aryl methyl sites for hydroxylation is 3. The smallest absolute Gasteiger partial charge is 0.175 e. The Kier molecular flexibility index (Phi) is 5.07. The van der Waals surface area contributed by atoms with Gasteiger partial charge in [-0.2, -0.15) is 0 Å². The van der Waals surface area contributed by atoms with Crippen LogP contribution in [0.15, 0.2) is 47.4 Å². The van der Waals surface area contributed by atoms with Crippen LogP contribution in [0.3, 0.4) is 0 Å². The number of carbonyl (C=O) groups is 1. The molecule has 1 unspecified atom stereocenters. The second-order valence-corrected chi connectivity index (χ2v) is 6.65. The Morgan fingerprint density at radius 2 is 1.71 bits per heavy atom. The van der Waals surface area contributed by atoms with Crippen LogP contribution in [-0.4, -0.2) is 15.7 Å². The van der Waals surface area contributed by atoms with Gasteiger partial charge in [-0.15, -0.1) is 0 Å². The maximum atomic E-state index is 12.4. The van der Waals surface area contributed by atoms with Gasteiger partial charge in [0.05, 0.1) is 16.6 Å². The molecule has 0 amide bonds. The summed E-state index contributed by atoms with van der Waals surface area (Å²) in [6, 6.07) is 13.3. The van der Waals surface area contributed by atoms with E-state index < -0.39 is 10.8 Å². The fourth-order valence-electron chi connectivity index (χ4n) is 2.26. The molecular weight excluding hydrogens is 280 g/mol. The topological polar surface area (TPSA) is 34.1 Å². The molecule has 0 saturated carbocycles. The molecule has 2 aromatic rings. The van der Waals surface area contributed by atoms with Crippen LogP contribution in [0, 0.1) is 13.8 Å². The van der Waals surface area contributed by atoms with Crippen molar-refractivity contribution in [2.45, 2.75) is 32.1 Å². The third kappa shape index (κ3) is 3.88. The Labute approximate surface area is 128 Å². The molecule has 2 aromatic carbocycles. The van der Waals surface area contributed by atoms with Crippen LogP contribution in [0.1, 0.15) is 34.0 Å². The molecule has 0 aliphatic rings. The number of benzene rings is 2. The zero-order valence-corrected chi connectivity index (χ0v) is 13.5. The highest BCUT2D eigenvalue weighted by atomic mass is 32.2. The molecule has 0 bridgehead atoms. The van der Waals surface area contributed by atoms with E-state index in [1.807, 2.05) is 56.3 Å². The van der Waals surface area contributed by atoms with Gasteiger partial charge in [0.25, 0.3) is 0 Å². The Morgan fingerprint density at radius 1 is 1.05 bits per heavy atom. The van der Waals surface area contributed by atoms with Gasteiger partial charge in [-0.05, 0) is 37.5 Å². The van der Waals surface area contributed by atoms with Gasteiger partial charge in [-0.1, -0.05) is 48.9 Å². The fraction of sp³-hybridized carbons (Fsp3) is 0.278. The summed E-state index contributed by atoms with van der Waals surface area (Å²) in [6.45, 7) is 6.01. The van der Waals surface area contributed by atoms with E-state index in [9.17, 15) is 9.00 Å². The van der Waals surface area contributed by atoms with Crippen LogP contribution in [0.4, 0.5) is 0 Å². The first-order chi connectivity index (χ1) is 10.0. The molecule has 0 fully saturated rings. The average Bonchev–Trinajstić information content (AvgIpc) is 2.47. The van der Waals surface area contributed by atoms with Gasteiger partial charge in [0, 0.05) is 10.5 Å². The monoisotopic (exact) mass is 300 g/mol. The standard InChI is InChI=1S/C18H20O2S/c1-4-15-6-8-16(9-7-15)17(19)12-21(20)18-10-5-13(2)11-14(18)3/h5-11H,4,12H2,1-3H3. The molecule has 0 saturated heterocycles. The minimum atomic E-state index is -1.29. The summed E-state index contributed by atoms with van der Waals surface area (Å²) in [4.78, 5) is 13.0. The molecule has 1 atom stereocenters. The summed E-state index contributed by atoms with van der Waals surface area (Å²) < 4.78 is 12.4. The fourth-order valence-corrected chi connectivity index (χ4v) is 3.46. The maximum absolute atomic E-state index is 12.4. The first kappa shape index (κ1) is 15.6. The number of ketones is 1. The SMILES string of the molecule is CCc1ccc(C(=O)CS(=O)c2ccc(C)cc2C)cc1. The van der Waals surface area contributed by atoms with E-state index in [1.54, 1.807) is 0 Å². The second-order valence-electron chi connectivity index (χ2n) is 5.23. The summed E-state index contributed by atoms with van der Waals surface area (Å²) in [5, 5.41) is 0. The van der Waals surface area contributed by atoms with E-state index in [0.29, 0.717) is 5.56 Å². The predicted octanol–water partition coefficient (Wildman–Crippen LogP) is 3.86. The first-order valence-corrected chi connectivity index (χ1v) is 8.41. The van der Waals surface area contributed by atoms with Crippen LogP contribution < -0.4 is 0 Å². The molecule has 21 heavy (non-hydrogen) atoms. The number of hydrogen-bond donors (Lipinski definition) is 0. The Balaban J connectivity index is 2.12. The van der Waals surface area contributed by atoms with Crippen molar-refractivity contribution < 1.29 is 9.00 Å². The molecule has 0 aliphatic heterocycles. The summed E-state index contributed by atoms with van der Waals surface area (Å²) in [5.74, 6) is -0.0361. The third-order valence-corrected chi connectivity index (χ3v) is 5.00. The summed E-state index contributed by atoms with van der Waals surface area (Å²) in [5.41, 5.74) is 3.93. The summed E-state index contributed by atoms with van der Waals surface area (Å²) in [7, 11) is -1.29. The molecule has 2 nitrogen and oxygen atoms in total. The normalized spacial score (nSPS) is 12.1. The van der Waals surface area contributed by atoms with Crippen molar-refractivity contribution in [1.82, 2.24) is 0 Å². The van der Waals surface area contributed by atoms with Crippen LogP contribution in [0.25, 0.3) is 0 Å². The lowest BCUT2D eigenvalue weighted by molar-refractivity contribution is 0.102. The Hall–Kier alpha value is -1.74. The van der Waals surface area contributed by atoms with Crippen molar-refractivity contribution in [1.29, 1.82) is 0 Å². The van der Waals surface area contributed by atoms with Crippen molar-refractivity contribution >= 4 is 16.6 Å². The Bertz CT molecular complexity index is 672. The molecule has 2 rings (SSSR count). The lowest BCUT2D eigenvalue weighted by atomic mass is 10.1. The maximum Gasteiger partial charge on any atom is 0.175 e. The molecule has 0 aliphatic carbocycles. The lowest BCUT2D eigenvalue weighted by Gasteiger charge is -2.07. The van der Waals surface area contributed by atoms with Gasteiger partial charge < -0.3 is 0 Å². The third-order valence-electron chi connectivity index (χ3n) is 3.52. The van der Waals surface area contributed by atoms with E-state index in [4.69, 9.17) is 0 Å². The van der Waals surface area contributed by atoms with Crippen molar-refractivity contribution in [3.8, 4) is 0 Å². The lowest BCUT2D eigenvalue weighted by Crippen LogP contribution is -2.12. The zero-order chi connectivity index (χ0) is 15.4. The van der Waals surface area contributed by atoms with Gasteiger partial charge >= 0.3 is 0 Å². The largest absolute Gasteiger partial charge is 0.293 e. The Morgan fingerprint density at radius 3 is 2.29 bits per heavy atom. The minimum Gasteiger partial charge on any atom is -0.293 e. The molecule has 0 N–H and O–H groups in total. The van der Waals surface area contributed by atoms with Gasteiger partial charge in [-0.3, -0.25) is 9.00 Å². The highest BCUT2D eigenvalue weighted by Gasteiger charge is 2.14. The molecule has 0 spiro atoms. The molecule has 0 heterocycles. The average molecular weight is 300 g/mol. The van der Waals surface area contributed by atoms with Gasteiger partial charge in [0.15, 0.2) is 5.78 Å². The highest BCUT2D eigenvalue weighted by molar-refractivity contribution is 7.85. The number of rotatable bonds is 5. The molecule has 110 valence electrons. The second kappa shape index (κ2) is 6.81. The summed E-state index contributed by atoms with van der Waals surface area (Å²) >= 11 is 0. The minimum absolute atomic E-state index is 0.0371. The van der Waals surface area contributed by atoms with Gasteiger partial charge in [0.2, 0.25) is 0 Å². The van der Waals surface area contributed by atoms with Crippen LogP contribution >= 0.6 is 0 Å². The van der Waals surface area contributed by atoms with Crippen molar-refractivity contribution in [3.63, 3.8) is 0 Å². The van der Waals surface area contributed by atoms with E-state index in [1.165, 1.54) is 5.56 Å². The zero-order valence-electron chi connectivity index (χ0n) is 12.7. The number of hydrogen-bond acceptors (Lipinski definition) is 2. The summed E-state index contributed by atoms with van der Waals surface area (Å²) in [6.07, 6.45) is 0.947. The predicted molar refractivity (Wildman–Crippen MR) is 87.3 cm³/mol. The van der Waals surface area contributed by atoms with Crippen LogP contribution in [0.2, 0.25) is 0 Å². The van der Waals surface area contributed by atoms with E-state index in [2.05, 4.69) is 6.92 Å². The highest BCUT2D eigenvalue weighted by Crippen LogP contribution is 2.16.